The smallest absolute Gasteiger partial charge is 0.334 e. The summed E-state index contributed by atoms with van der Waals surface area (Å²) in [6.45, 7) is 0. The first-order valence-corrected chi connectivity index (χ1v) is 2.71. The van der Waals surface area contributed by atoms with E-state index < -0.39 is 24.1 Å². The number of hydrogen-bond acceptors (Lipinski definition) is 4. The Morgan fingerprint density at radius 1 is 1.00 bits per heavy atom. The van der Waals surface area contributed by atoms with Gasteiger partial charge in [0.15, 0.2) is 12.2 Å². The Bertz CT molecular complexity index is 162. The van der Waals surface area contributed by atoms with Crippen LogP contribution >= 0.6 is 0 Å². The van der Waals surface area contributed by atoms with E-state index in [1.165, 1.54) is 0 Å². The van der Waals surface area contributed by atoms with Crippen molar-refractivity contribution in [1.29, 1.82) is 0 Å². The minimum Gasteiger partial charge on any atom is -0.479 e. The van der Waals surface area contributed by atoms with Gasteiger partial charge in [-0.05, 0) is 0 Å². The predicted octanol–water partition coefficient (Wildman–Crippen LogP) is -1.91. The lowest BCUT2D eigenvalue weighted by Gasteiger charge is -2.18. The Kier molecular flexibility index (Phi) is 4.38. The second-order valence-electron chi connectivity index (χ2n) is 1.79. The summed E-state index contributed by atoms with van der Waals surface area (Å²) in [5, 5.41) is 16.6. The van der Waals surface area contributed by atoms with Crippen molar-refractivity contribution in [1.82, 2.24) is 0 Å². The van der Waals surface area contributed by atoms with E-state index in [0.29, 0.717) is 0 Å². The fourth-order valence-corrected chi connectivity index (χ4v) is 0.518. The van der Waals surface area contributed by atoms with Crippen molar-refractivity contribution in [3.05, 3.63) is 0 Å². The summed E-state index contributed by atoms with van der Waals surface area (Å²) in [5.41, 5.74) is 0. The Hall–Kier alpha value is -1.01. The molecule has 0 aliphatic rings. The van der Waals surface area contributed by atoms with E-state index in [2.05, 4.69) is 25.4 Å². The van der Waals surface area contributed by atoms with Crippen molar-refractivity contribution in [2.45, 2.75) is 12.2 Å². The zero-order valence-electron chi connectivity index (χ0n) is 5.84. The summed E-state index contributed by atoms with van der Waals surface area (Å²) in [6, 6.07) is 0. The number of aliphatic carboxylic acids is 2. The average molecular weight is 170 g/mol. The van der Waals surface area contributed by atoms with Crippen LogP contribution in [0.5, 0.6) is 0 Å². The molecule has 0 bridgehead atoms. The maximum Gasteiger partial charge on any atom is 0.334 e. The van der Waals surface area contributed by atoms with Crippen molar-refractivity contribution in [3.8, 4) is 0 Å². The van der Waals surface area contributed by atoms with E-state index in [1.807, 2.05) is 0 Å². The Morgan fingerprint density at radius 3 is 1.33 bits per heavy atom. The first kappa shape index (κ1) is 11.0. The fourth-order valence-electron chi connectivity index (χ4n) is 0.518. The summed E-state index contributed by atoms with van der Waals surface area (Å²) < 4.78 is 7.68. The first-order chi connectivity index (χ1) is 5.54. The highest BCUT2D eigenvalue weighted by atomic mass is 16.5. The van der Waals surface area contributed by atoms with Gasteiger partial charge in [-0.15, -0.1) is 0 Å². The van der Waals surface area contributed by atoms with Gasteiger partial charge in [0.25, 0.3) is 16.1 Å². The Morgan fingerprint density at radius 2 is 1.25 bits per heavy atom. The molecule has 0 aliphatic carbocycles. The summed E-state index contributed by atoms with van der Waals surface area (Å²) in [7, 11) is 9.02. The highest BCUT2D eigenvalue weighted by Crippen LogP contribution is 2.02. The van der Waals surface area contributed by atoms with Gasteiger partial charge in [0.2, 0.25) is 0 Å². The molecule has 8 heteroatoms. The first-order valence-electron chi connectivity index (χ1n) is 2.71. The van der Waals surface area contributed by atoms with Gasteiger partial charge in [-0.3, -0.25) is 0 Å². The highest BCUT2D eigenvalue weighted by molar-refractivity contribution is 6.02. The molecule has 0 saturated carbocycles. The number of carboxylic acid groups (broad SMARTS) is 2. The Balaban J connectivity index is 4.44. The number of rotatable bonds is 5. The van der Waals surface area contributed by atoms with Crippen LogP contribution in [0.25, 0.3) is 0 Å². The molecule has 0 amide bonds. The Labute approximate surface area is 70.3 Å². The molecule has 0 heterocycles. The van der Waals surface area contributed by atoms with Gasteiger partial charge < -0.3 is 19.5 Å². The molecule has 0 saturated heterocycles. The van der Waals surface area contributed by atoms with Crippen LogP contribution in [0.2, 0.25) is 0 Å². The minimum atomic E-state index is -1.83. The molecule has 0 aliphatic heterocycles. The van der Waals surface area contributed by atoms with Crippen LogP contribution in [0.15, 0.2) is 0 Å². The third-order valence-corrected chi connectivity index (χ3v) is 1.05. The standard InChI is InChI=1S/C4H4B2O6/c5-11-1(3(7)8)2(12-6)4(9)10/h1-2H,(H,7,8)(H,9,10). The molecule has 6 nitrogen and oxygen atoms in total. The maximum absolute atomic E-state index is 10.2. The lowest BCUT2D eigenvalue weighted by Crippen LogP contribution is -2.42. The molecule has 0 aromatic heterocycles. The van der Waals surface area contributed by atoms with Gasteiger partial charge in [-0.1, -0.05) is 0 Å². The molecule has 0 fully saturated rings. The summed E-state index contributed by atoms with van der Waals surface area (Å²) in [4.78, 5) is 20.5. The van der Waals surface area contributed by atoms with Gasteiger partial charge in [0.1, 0.15) is 0 Å². The van der Waals surface area contributed by atoms with Crippen LogP contribution in [0.1, 0.15) is 0 Å². The zero-order chi connectivity index (χ0) is 9.72. The van der Waals surface area contributed by atoms with Gasteiger partial charge in [-0.25, -0.2) is 9.59 Å². The van der Waals surface area contributed by atoms with E-state index in [4.69, 9.17) is 10.2 Å². The third kappa shape index (κ3) is 2.55. The van der Waals surface area contributed by atoms with E-state index in [9.17, 15) is 9.59 Å². The molecule has 2 unspecified atom stereocenters. The number of carbonyl (C=O) groups is 2. The lowest BCUT2D eigenvalue weighted by atomic mass is 10.2. The minimum absolute atomic E-state index is 1.57. The second kappa shape index (κ2) is 4.78. The average Bonchev–Trinajstić information content (AvgIpc) is 1.98. The molecule has 12 heavy (non-hydrogen) atoms. The zero-order valence-corrected chi connectivity index (χ0v) is 5.84. The molecular formula is C4H4B2O6. The normalized spacial score (nSPS) is 15.0. The van der Waals surface area contributed by atoms with Gasteiger partial charge >= 0.3 is 11.9 Å². The van der Waals surface area contributed by atoms with E-state index >= 15 is 0 Å². The molecule has 4 radical (unpaired) electrons. The molecule has 2 atom stereocenters. The molecule has 0 rings (SSSR count). The molecule has 2 N–H and O–H groups in total. The molecular weight excluding hydrogens is 166 g/mol. The SMILES string of the molecule is [B]OC(C(=O)O)C(O[B])C(=O)O. The monoisotopic (exact) mass is 170 g/mol. The van der Waals surface area contributed by atoms with Crippen LogP contribution in [-0.2, 0) is 18.9 Å². The highest BCUT2D eigenvalue weighted by Gasteiger charge is 2.32. The summed E-state index contributed by atoms with van der Waals surface area (Å²) in [5.74, 6) is -3.15. The van der Waals surface area contributed by atoms with Crippen LogP contribution in [0.3, 0.4) is 0 Å². The molecule has 62 valence electrons. The van der Waals surface area contributed by atoms with E-state index in [1.54, 1.807) is 0 Å². The van der Waals surface area contributed by atoms with Crippen molar-refractivity contribution < 1.29 is 29.1 Å². The van der Waals surface area contributed by atoms with Crippen LogP contribution in [0.4, 0.5) is 0 Å². The van der Waals surface area contributed by atoms with Crippen molar-refractivity contribution in [3.63, 3.8) is 0 Å². The lowest BCUT2D eigenvalue weighted by molar-refractivity contribution is -0.161. The van der Waals surface area contributed by atoms with Crippen molar-refractivity contribution >= 4 is 28.0 Å². The summed E-state index contributed by atoms with van der Waals surface area (Å²) in [6.07, 6.45) is -3.65. The molecule has 0 aromatic rings. The van der Waals surface area contributed by atoms with Crippen LogP contribution in [-0.4, -0.2) is 50.5 Å². The van der Waals surface area contributed by atoms with E-state index in [-0.39, 0.29) is 0 Å². The third-order valence-electron chi connectivity index (χ3n) is 1.05. The second-order valence-corrected chi connectivity index (χ2v) is 1.79. The van der Waals surface area contributed by atoms with Crippen molar-refractivity contribution in [2.75, 3.05) is 0 Å². The van der Waals surface area contributed by atoms with Crippen molar-refractivity contribution in [2.24, 2.45) is 0 Å². The molecule has 0 spiro atoms. The fraction of sp³-hybridized carbons (Fsp3) is 0.500. The van der Waals surface area contributed by atoms with Crippen LogP contribution in [0, 0.1) is 0 Å². The summed E-state index contributed by atoms with van der Waals surface area (Å²) >= 11 is 0. The van der Waals surface area contributed by atoms with Crippen LogP contribution < -0.4 is 0 Å². The maximum atomic E-state index is 10.2. The number of carboxylic acids is 2. The predicted molar refractivity (Wildman–Crippen MR) is 36.5 cm³/mol. The van der Waals surface area contributed by atoms with Gasteiger partial charge in [0.05, 0.1) is 0 Å². The molecule has 0 aromatic carbocycles. The topological polar surface area (TPSA) is 93.1 Å². The van der Waals surface area contributed by atoms with Gasteiger partial charge in [-0.2, -0.15) is 0 Å². The number of hydrogen-bond donors (Lipinski definition) is 2. The van der Waals surface area contributed by atoms with Gasteiger partial charge in [0, 0.05) is 0 Å². The van der Waals surface area contributed by atoms with E-state index in [0.717, 1.165) is 0 Å². The largest absolute Gasteiger partial charge is 0.479 e. The quantitative estimate of drug-likeness (QED) is 0.467.